The Balaban J connectivity index is 1.49. The van der Waals surface area contributed by atoms with Gasteiger partial charge in [0.2, 0.25) is 10.0 Å². The molecule has 1 aromatic carbocycles. The van der Waals surface area contributed by atoms with Gasteiger partial charge in [-0.1, -0.05) is 0 Å². The number of anilines is 1. The molecule has 0 spiro atoms. The van der Waals surface area contributed by atoms with E-state index in [0.29, 0.717) is 44.6 Å². The Labute approximate surface area is 187 Å². The molecule has 2 amide bonds. The fraction of sp³-hybridized carbons (Fsp3) is 0.571. The molecule has 32 heavy (non-hydrogen) atoms. The summed E-state index contributed by atoms with van der Waals surface area (Å²) in [5, 5.41) is 2.82. The maximum Gasteiger partial charge on any atom is 0.409 e. The molecule has 1 unspecified atom stereocenters. The summed E-state index contributed by atoms with van der Waals surface area (Å²) < 4.78 is 35.5. The summed E-state index contributed by atoms with van der Waals surface area (Å²) in [5.41, 5.74) is 1.57. The van der Waals surface area contributed by atoms with Crippen molar-refractivity contribution >= 4 is 33.7 Å². The second-order valence-corrected chi connectivity index (χ2v) is 9.92. The van der Waals surface area contributed by atoms with E-state index in [1.165, 1.54) is 10.4 Å². The van der Waals surface area contributed by atoms with Crippen molar-refractivity contribution in [3.63, 3.8) is 0 Å². The van der Waals surface area contributed by atoms with Gasteiger partial charge in [0.25, 0.3) is 5.91 Å². The average molecular weight is 468 g/mol. The zero-order chi connectivity index (χ0) is 23.5. The largest absolute Gasteiger partial charge is 0.452 e. The number of rotatable bonds is 6. The van der Waals surface area contributed by atoms with E-state index in [1.807, 2.05) is 0 Å². The number of carbonyl (C=O) groups excluding carboxylic acids is 3. The maximum absolute atomic E-state index is 12.4. The molecule has 2 aliphatic heterocycles. The lowest BCUT2D eigenvalue weighted by molar-refractivity contribution is -0.125. The number of ether oxygens (including phenoxy) is 2. The van der Waals surface area contributed by atoms with Gasteiger partial charge in [0.15, 0.2) is 6.61 Å². The van der Waals surface area contributed by atoms with E-state index in [-0.39, 0.29) is 23.7 Å². The Morgan fingerprint density at radius 1 is 1.16 bits per heavy atom. The highest BCUT2D eigenvalue weighted by atomic mass is 32.2. The highest BCUT2D eigenvalue weighted by Crippen LogP contribution is 2.34. The van der Waals surface area contributed by atoms with Crippen LogP contribution in [-0.4, -0.2) is 75.9 Å². The molecule has 0 radical (unpaired) electrons. The lowest BCUT2D eigenvalue weighted by Crippen LogP contribution is -2.47. The summed E-state index contributed by atoms with van der Waals surface area (Å²) in [7, 11) is -3.41. The van der Waals surface area contributed by atoms with Gasteiger partial charge in [-0.15, -0.1) is 0 Å². The van der Waals surface area contributed by atoms with Crippen LogP contribution in [0.15, 0.2) is 18.2 Å². The Hall–Kier alpha value is -2.82. The number of amides is 2. The van der Waals surface area contributed by atoms with Crippen molar-refractivity contribution in [2.75, 3.05) is 36.9 Å². The number of carbonyl (C=O) groups is 3. The summed E-state index contributed by atoms with van der Waals surface area (Å²) in [6.07, 6.45) is 2.49. The number of benzene rings is 1. The predicted molar refractivity (Wildman–Crippen MR) is 117 cm³/mol. The number of fused-ring (bicyclic) bond motifs is 1. The minimum atomic E-state index is -3.41. The molecule has 0 bridgehead atoms. The minimum Gasteiger partial charge on any atom is -0.452 e. The van der Waals surface area contributed by atoms with Gasteiger partial charge < -0.3 is 19.7 Å². The molecule has 0 aromatic heterocycles. The standard InChI is InChI=1S/C21H29N3O7S/c1-4-30-21(27)23-9-7-17(8-10-23)22-19(25)13-31-20(26)15-5-6-18-16(12-15)11-14(2)24(18)32(3,28)29/h5-6,12,14,17H,4,7-11,13H2,1-3H3,(H,22,25). The van der Waals surface area contributed by atoms with E-state index in [1.54, 1.807) is 30.9 Å². The predicted octanol–water partition coefficient (Wildman–Crippen LogP) is 1.29. The number of likely N-dealkylation sites (tertiary alicyclic amines) is 1. The molecule has 0 aliphatic carbocycles. The van der Waals surface area contributed by atoms with Crippen LogP contribution in [0.3, 0.4) is 0 Å². The normalized spacial score (nSPS) is 18.8. The number of piperidine rings is 1. The van der Waals surface area contributed by atoms with Gasteiger partial charge in [0, 0.05) is 25.2 Å². The first-order valence-electron chi connectivity index (χ1n) is 10.6. The van der Waals surface area contributed by atoms with Crippen LogP contribution in [0.2, 0.25) is 0 Å². The van der Waals surface area contributed by atoms with Crippen LogP contribution in [0.4, 0.5) is 10.5 Å². The number of nitrogens with one attached hydrogen (secondary N) is 1. The molecule has 176 valence electrons. The smallest absolute Gasteiger partial charge is 0.409 e. The Bertz CT molecular complexity index is 987. The second kappa shape index (κ2) is 9.76. The van der Waals surface area contributed by atoms with Crippen LogP contribution >= 0.6 is 0 Å². The van der Waals surface area contributed by atoms with Crippen molar-refractivity contribution in [1.29, 1.82) is 0 Å². The Morgan fingerprint density at radius 2 is 1.84 bits per heavy atom. The molecule has 1 saturated heterocycles. The van der Waals surface area contributed by atoms with Gasteiger partial charge in [-0.05, 0) is 56.9 Å². The van der Waals surface area contributed by atoms with E-state index < -0.39 is 28.5 Å². The van der Waals surface area contributed by atoms with E-state index in [2.05, 4.69) is 5.32 Å². The van der Waals surface area contributed by atoms with Crippen LogP contribution in [-0.2, 0) is 30.7 Å². The summed E-state index contributed by atoms with van der Waals surface area (Å²) in [5.74, 6) is -1.06. The van der Waals surface area contributed by atoms with Crippen LogP contribution in [0.1, 0.15) is 42.6 Å². The van der Waals surface area contributed by atoms with E-state index >= 15 is 0 Å². The molecule has 2 aliphatic rings. The Morgan fingerprint density at radius 3 is 2.47 bits per heavy atom. The summed E-state index contributed by atoms with van der Waals surface area (Å²) in [4.78, 5) is 37.9. The van der Waals surface area contributed by atoms with Crippen molar-refractivity contribution in [3.8, 4) is 0 Å². The zero-order valence-electron chi connectivity index (χ0n) is 18.5. The number of sulfonamides is 1. The monoisotopic (exact) mass is 467 g/mol. The minimum absolute atomic E-state index is 0.102. The number of hydrogen-bond donors (Lipinski definition) is 1. The zero-order valence-corrected chi connectivity index (χ0v) is 19.3. The molecular weight excluding hydrogens is 438 g/mol. The van der Waals surface area contributed by atoms with E-state index in [9.17, 15) is 22.8 Å². The van der Waals surface area contributed by atoms with Crippen molar-refractivity contribution in [2.24, 2.45) is 0 Å². The number of nitrogens with zero attached hydrogens (tertiary/aromatic N) is 2. The van der Waals surface area contributed by atoms with E-state index in [0.717, 1.165) is 11.8 Å². The van der Waals surface area contributed by atoms with Crippen LogP contribution < -0.4 is 9.62 Å². The van der Waals surface area contributed by atoms with E-state index in [4.69, 9.17) is 9.47 Å². The molecule has 1 atom stereocenters. The first kappa shape index (κ1) is 23.8. The van der Waals surface area contributed by atoms with Crippen molar-refractivity contribution < 1.29 is 32.3 Å². The van der Waals surface area contributed by atoms with Crippen molar-refractivity contribution in [1.82, 2.24) is 10.2 Å². The molecular formula is C21H29N3O7S. The first-order chi connectivity index (χ1) is 15.1. The van der Waals surface area contributed by atoms with Gasteiger partial charge in [-0.2, -0.15) is 0 Å². The van der Waals surface area contributed by atoms with Gasteiger partial charge >= 0.3 is 12.1 Å². The average Bonchev–Trinajstić information content (AvgIpc) is 3.07. The highest BCUT2D eigenvalue weighted by molar-refractivity contribution is 7.92. The number of esters is 1. The van der Waals surface area contributed by atoms with Gasteiger partial charge in [-0.25, -0.2) is 18.0 Å². The quantitative estimate of drug-likeness (QED) is 0.626. The SMILES string of the molecule is CCOC(=O)N1CCC(NC(=O)COC(=O)c2ccc3c(c2)CC(C)N3S(C)(=O)=O)CC1. The third-order valence-electron chi connectivity index (χ3n) is 5.55. The van der Waals surface area contributed by atoms with Gasteiger partial charge in [0.05, 0.1) is 24.1 Å². The summed E-state index contributed by atoms with van der Waals surface area (Å²) in [6, 6.07) is 4.37. The lowest BCUT2D eigenvalue weighted by Gasteiger charge is -2.31. The highest BCUT2D eigenvalue weighted by Gasteiger charge is 2.33. The molecule has 1 N–H and O–H groups in total. The summed E-state index contributed by atoms with van der Waals surface area (Å²) >= 11 is 0. The van der Waals surface area contributed by atoms with Gasteiger partial charge in [-0.3, -0.25) is 9.10 Å². The molecule has 2 heterocycles. The molecule has 10 nitrogen and oxygen atoms in total. The maximum atomic E-state index is 12.4. The number of hydrogen-bond acceptors (Lipinski definition) is 7. The van der Waals surface area contributed by atoms with Gasteiger partial charge in [0.1, 0.15) is 0 Å². The third-order valence-corrected chi connectivity index (χ3v) is 6.82. The molecule has 1 fully saturated rings. The molecule has 0 saturated carbocycles. The fourth-order valence-corrected chi connectivity index (χ4v) is 5.40. The first-order valence-corrected chi connectivity index (χ1v) is 12.5. The molecule has 1 aromatic rings. The van der Waals surface area contributed by atoms with Crippen LogP contribution in [0.5, 0.6) is 0 Å². The summed E-state index contributed by atoms with van der Waals surface area (Å²) in [6.45, 7) is 4.43. The third kappa shape index (κ3) is 5.50. The van der Waals surface area contributed by atoms with Crippen molar-refractivity contribution in [2.45, 2.75) is 45.2 Å². The van der Waals surface area contributed by atoms with Crippen molar-refractivity contribution in [3.05, 3.63) is 29.3 Å². The van der Waals surface area contributed by atoms with Crippen LogP contribution in [0, 0.1) is 0 Å². The Kier molecular flexibility index (Phi) is 7.27. The molecule has 11 heteroatoms. The molecule has 3 rings (SSSR count). The lowest BCUT2D eigenvalue weighted by atomic mass is 10.1. The fourth-order valence-electron chi connectivity index (χ4n) is 4.14. The van der Waals surface area contributed by atoms with Crippen LogP contribution in [0.25, 0.3) is 0 Å². The topological polar surface area (TPSA) is 122 Å². The second-order valence-electron chi connectivity index (χ2n) is 8.06.